The van der Waals surface area contributed by atoms with Gasteiger partial charge in [-0.1, -0.05) is 18.2 Å². The zero-order valence-electron chi connectivity index (χ0n) is 14.6. The third-order valence-corrected chi connectivity index (χ3v) is 4.76. The SMILES string of the molecule is C=C(Cl)COc1nc2cc(F)ccc2cc1CN[C@@H](C)c1csc(C)n1. The Morgan fingerprint density at radius 3 is 2.88 bits per heavy atom. The molecular formula is C19H19ClFN3OS. The van der Waals surface area contributed by atoms with Gasteiger partial charge in [-0.25, -0.2) is 14.4 Å². The maximum atomic E-state index is 13.5. The number of aryl methyl sites for hydroxylation is 1. The van der Waals surface area contributed by atoms with Crippen LogP contribution in [0, 0.1) is 12.7 Å². The van der Waals surface area contributed by atoms with Crippen molar-refractivity contribution in [2.24, 2.45) is 0 Å². The first-order chi connectivity index (χ1) is 12.4. The van der Waals surface area contributed by atoms with Crippen LogP contribution in [0.25, 0.3) is 10.9 Å². The molecule has 0 saturated heterocycles. The van der Waals surface area contributed by atoms with E-state index >= 15 is 0 Å². The van der Waals surface area contributed by atoms with Gasteiger partial charge in [0.05, 0.1) is 16.2 Å². The summed E-state index contributed by atoms with van der Waals surface area (Å²) in [4.78, 5) is 8.95. The van der Waals surface area contributed by atoms with E-state index in [0.717, 1.165) is 21.7 Å². The Kier molecular flexibility index (Phi) is 5.86. The smallest absolute Gasteiger partial charge is 0.218 e. The number of thiazole rings is 1. The highest BCUT2D eigenvalue weighted by atomic mass is 35.5. The Labute approximate surface area is 160 Å². The monoisotopic (exact) mass is 391 g/mol. The molecule has 1 atom stereocenters. The summed E-state index contributed by atoms with van der Waals surface area (Å²) in [7, 11) is 0. The molecule has 7 heteroatoms. The molecule has 0 bridgehead atoms. The summed E-state index contributed by atoms with van der Waals surface area (Å²) in [5.74, 6) is 0.0789. The average molecular weight is 392 g/mol. The fourth-order valence-electron chi connectivity index (χ4n) is 2.51. The molecule has 2 heterocycles. The van der Waals surface area contributed by atoms with Gasteiger partial charge in [-0.05, 0) is 32.0 Å². The number of hydrogen-bond donors (Lipinski definition) is 1. The van der Waals surface area contributed by atoms with Gasteiger partial charge in [-0.15, -0.1) is 11.3 Å². The highest BCUT2D eigenvalue weighted by molar-refractivity contribution is 7.09. The summed E-state index contributed by atoms with van der Waals surface area (Å²) in [6.07, 6.45) is 0. The van der Waals surface area contributed by atoms with E-state index in [0.29, 0.717) is 23.0 Å². The number of benzene rings is 1. The molecule has 0 amide bonds. The first-order valence-electron chi connectivity index (χ1n) is 8.13. The first-order valence-corrected chi connectivity index (χ1v) is 9.39. The predicted molar refractivity (Wildman–Crippen MR) is 104 cm³/mol. The second kappa shape index (κ2) is 8.12. The number of hydrogen-bond acceptors (Lipinski definition) is 5. The van der Waals surface area contributed by atoms with Gasteiger partial charge < -0.3 is 10.1 Å². The van der Waals surface area contributed by atoms with Gasteiger partial charge in [0.1, 0.15) is 12.4 Å². The quantitative estimate of drug-likeness (QED) is 0.607. The number of halogens is 2. The van der Waals surface area contributed by atoms with Crippen LogP contribution in [0.1, 0.15) is 29.2 Å². The lowest BCUT2D eigenvalue weighted by Gasteiger charge is -2.15. The van der Waals surface area contributed by atoms with Crippen LogP contribution in [-0.2, 0) is 6.54 Å². The molecule has 26 heavy (non-hydrogen) atoms. The minimum absolute atomic E-state index is 0.0831. The van der Waals surface area contributed by atoms with Gasteiger partial charge >= 0.3 is 0 Å². The first kappa shape index (κ1) is 18.8. The third kappa shape index (κ3) is 4.58. The standard InChI is InChI=1S/C19H19ClFN3OS/c1-11(20)9-25-19-15(6-14-4-5-16(21)7-17(14)24-19)8-22-12(2)18-10-26-13(3)23-18/h4-7,10,12,22H,1,8-9H2,2-3H3/t12-/m0/s1. The van der Waals surface area contributed by atoms with Crippen molar-refractivity contribution in [3.8, 4) is 5.88 Å². The van der Waals surface area contributed by atoms with E-state index in [1.807, 2.05) is 18.4 Å². The lowest BCUT2D eigenvalue weighted by molar-refractivity contribution is 0.340. The number of pyridine rings is 1. The molecule has 3 aromatic rings. The van der Waals surface area contributed by atoms with Crippen LogP contribution in [0.4, 0.5) is 4.39 Å². The molecule has 3 rings (SSSR count). The Morgan fingerprint density at radius 1 is 1.38 bits per heavy atom. The molecular weight excluding hydrogens is 373 g/mol. The molecule has 0 saturated carbocycles. The van der Waals surface area contributed by atoms with Crippen LogP contribution in [0.3, 0.4) is 0 Å². The second-order valence-corrected chi connectivity index (χ2v) is 7.59. The topological polar surface area (TPSA) is 47.0 Å². The van der Waals surface area contributed by atoms with Crippen molar-refractivity contribution < 1.29 is 9.13 Å². The number of rotatable bonds is 7. The van der Waals surface area contributed by atoms with Crippen molar-refractivity contribution in [2.45, 2.75) is 26.4 Å². The van der Waals surface area contributed by atoms with Crippen molar-refractivity contribution >= 4 is 33.8 Å². The normalized spacial score (nSPS) is 12.3. The van der Waals surface area contributed by atoms with Crippen molar-refractivity contribution in [3.05, 3.63) is 63.3 Å². The van der Waals surface area contributed by atoms with Crippen molar-refractivity contribution in [1.82, 2.24) is 15.3 Å². The molecule has 0 radical (unpaired) electrons. The molecule has 2 aromatic heterocycles. The van der Waals surface area contributed by atoms with Crippen LogP contribution < -0.4 is 10.1 Å². The zero-order valence-corrected chi connectivity index (χ0v) is 16.1. The van der Waals surface area contributed by atoms with E-state index in [2.05, 4.69) is 28.8 Å². The van der Waals surface area contributed by atoms with Gasteiger partial charge in [0.2, 0.25) is 5.88 Å². The number of nitrogens with zero attached hydrogens (tertiary/aromatic N) is 2. The number of aromatic nitrogens is 2. The fraction of sp³-hybridized carbons (Fsp3) is 0.263. The van der Waals surface area contributed by atoms with E-state index < -0.39 is 0 Å². The second-order valence-electron chi connectivity index (χ2n) is 5.99. The third-order valence-electron chi connectivity index (χ3n) is 3.86. The van der Waals surface area contributed by atoms with Gasteiger partial charge in [-0.3, -0.25) is 0 Å². The van der Waals surface area contributed by atoms with Gasteiger partial charge in [-0.2, -0.15) is 0 Å². The Balaban J connectivity index is 1.85. The lowest BCUT2D eigenvalue weighted by atomic mass is 10.1. The average Bonchev–Trinajstić information content (AvgIpc) is 3.04. The summed E-state index contributed by atoms with van der Waals surface area (Å²) >= 11 is 7.43. The molecule has 0 spiro atoms. The van der Waals surface area contributed by atoms with E-state index in [1.165, 1.54) is 12.1 Å². The molecule has 0 aliphatic carbocycles. The van der Waals surface area contributed by atoms with E-state index in [4.69, 9.17) is 16.3 Å². The highest BCUT2D eigenvalue weighted by Gasteiger charge is 2.13. The number of ether oxygens (including phenoxy) is 1. The number of fused-ring (bicyclic) bond motifs is 1. The summed E-state index contributed by atoms with van der Waals surface area (Å²) in [6.45, 7) is 8.33. The van der Waals surface area contributed by atoms with Gasteiger partial charge in [0.15, 0.2) is 0 Å². The van der Waals surface area contributed by atoms with Crippen LogP contribution in [-0.4, -0.2) is 16.6 Å². The molecule has 0 aliphatic rings. The summed E-state index contributed by atoms with van der Waals surface area (Å²) < 4.78 is 19.2. The van der Waals surface area contributed by atoms with E-state index in [1.54, 1.807) is 17.4 Å². The van der Waals surface area contributed by atoms with Crippen molar-refractivity contribution in [1.29, 1.82) is 0 Å². The minimum atomic E-state index is -0.337. The minimum Gasteiger partial charge on any atom is -0.472 e. The Bertz CT molecular complexity index is 944. The Hall–Kier alpha value is -2.02. The highest BCUT2D eigenvalue weighted by Crippen LogP contribution is 2.25. The summed E-state index contributed by atoms with van der Waals surface area (Å²) in [6, 6.07) is 6.54. The van der Waals surface area contributed by atoms with Crippen LogP contribution in [0.2, 0.25) is 0 Å². The predicted octanol–water partition coefficient (Wildman–Crippen LogP) is 5.12. The fourth-order valence-corrected chi connectivity index (χ4v) is 3.27. The molecule has 1 aromatic carbocycles. The molecule has 0 aliphatic heterocycles. The van der Waals surface area contributed by atoms with Crippen molar-refractivity contribution in [3.63, 3.8) is 0 Å². The number of nitrogens with one attached hydrogen (secondary N) is 1. The molecule has 136 valence electrons. The van der Waals surface area contributed by atoms with Crippen LogP contribution >= 0.6 is 22.9 Å². The maximum Gasteiger partial charge on any atom is 0.218 e. The zero-order chi connectivity index (χ0) is 18.7. The van der Waals surface area contributed by atoms with Crippen LogP contribution in [0.5, 0.6) is 5.88 Å². The van der Waals surface area contributed by atoms with Gasteiger partial charge in [0, 0.05) is 40.0 Å². The maximum absolute atomic E-state index is 13.5. The molecule has 0 fully saturated rings. The summed E-state index contributed by atoms with van der Waals surface area (Å²) in [5.41, 5.74) is 2.40. The lowest BCUT2D eigenvalue weighted by Crippen LogP contribution is -2.19. The van der Waals surface area contributed by atoms with Gasteiger partial charge in [0.25, 0.3) is 0 Å². The molecule has 0 unspecified atom stereocenters. The molecule has 4 nitrogen and oxygen atoms in total. The van der Waals surface area contributed by atoms with E-state index in [9.17, 15) is 4.39 Å². The van der Waals surface area contributed by atoms with E-state index in [-0.39, 0.29) is 18.5 Å². The largest absolute Gasteiger partial charge is 0.472 e. The Morgan fingerprint density at radius 2 is 2.19 bits per heavy atom. The van der Waals surface area contributed by atoms with Crippen LogP contribution in [0.15, 0.2) is 41.3 Å². The summed E-state index contributed by atoms with van der Waals surface area (Å²) in [5, 5.41) is 7.72. The molecule has 1 N–H and O–H groups in total. The van der Waals surface area contributed by atoms with Crippen molar-refractivity contribution in [2.75, 3.05) is 6.61 Å².